The summed E-state index contributed by atoms with van der Waals surface area (Å²) in [4.78, 5) is 0. The Bertz CT molecular complexity index is 144. The van der Waals surface area contributed by atoms with Gasteiger partial charge in [-0.15, -0.1) is 0 Å². The minimum absolute atomic E-state index is 1.00. The SMILES string of the molecule is CCCCCCC1CC(C(C)CCC)C1. The van der Waals surface area contributed by atoms with E-state index >= 15 is 0 Å². The van der Waals surface area contributed by atoms with E-state index < -0.39 is 0 Å². The summed E-state index contributed by atoms with van der Waals surface area (Å²) >= 11 is 0. The van der Waals surface area contributed by atoms with Crippen LogP contribution in [0.5, 0.6) is 0 Å². The van der Waals surface area contributed by atoms with Crippen molar-refractivity contribution in [2.75, 3.05) is 0 Å². The van der Waals surface area contributed by atoms with Crippen molar-refractivity contribution in [3.63, 3.8) is 0 Å². The molecular formula is C15H30. The minimum atomic E-state index is 1.00. The van der Waals surface area contributed by atoms with Gasteiger partial charge in [0, 0.05) is 0 Å². The molecule has 0 amide bonds. The van der Waals surface area contributed by atoms with Crippen molar-refractivity contribution in [3.8, 4) is 0 Å². The third kappa shape index (κ3) is 4.57. The van der Waals surface area contributed by atoms with Gasteiger partial charge in [-0.05, 0) is 30.6 Å². The summed E-state index contributed by atoms with van der Waals surface area (Å²) in [7, 11) is 0. The van der Waals surface area contributed by atoms with Gasteiger partial charge in [-0.2, -0.15) is 0 Å². The molecule has 0 heterocycles. The van der Waals surface area contributed by atoms with Gasteiger partial charge in [-0.3, -0.25) is 0 Å². The fourth-order valence-electron chi connectivity index (χ4n) is 3.04. The molecule has 0 N–H and O–H groups in total. The van der Waals surface area contributed by atoms with E-state index in [1.807, 2.05) is 0 Å². The van der Waals surface area contributed by atoms with Crippen molar-refractivity contribution in [1.82, 2.24) is 0 Å². The van der Waals surface area contributed by atoms with Gasteiger partial charge in [0.2, 0.25) is 0 Å². The molecule has 0 aliphatic heterocycles. The van der Waals surface area contributed by atoms with Crippen molar-refractivity contribution < 1.29 is 0 Å². The van der Waals surface area contributed by atoms with Crippen LogP contribution in [0.15, 0.2) is 0 Å². The molecule has 1 fully saturated rings. The maximum Gasteiger partial charge on any atom is -0.0383 e. The zero-order valence-corrected chi connectivity index (χ0v) is 11.1. The van der Waals surface area contributed by atoms with Crippen LogP contribution in [0.3, 0.4) is 0 Å². The summed E-state index contributed by atoms with van der Waals surface area (Å²) in [5, 5.41) is 0. The second kappa shape index (κ2) is 7.30. The Morgan fingerprint density at radius 2 is 1.73 bits per heavy atom. The Balaban J connectivity index is 1.95. The summed E-state index contributed by atoms with van der Waals surface area (Å²) in [6.07, 6.45) is 13.2. The average molecular weight is 210 g/mol. The van der Waals surface area contributed by atoms with Gasteiger partial charge in [0.25, 0.3) is 0 Å². The van der Waals surface area contributed by atoms with Gasteiger partial charge in [0.1, 0.15) is 0 Å². The van der Waals surface area contributed by atoms with Crippen molar-refractivity contribution in [1.29, 1.82) is 0 Å². The van der Waals surface area contributed by atoms with Gasteiger partial charge in [0.05, 0.1) is 0 Å². The van der Waals surface area contributed by atoms with Gasteiger partial charge in [0.15, 0.2) is 0 Å². The first kappa shape index (κ1) is 13.1. The van der Waals surface area contributed by atoms with Crippen LogP contribution >= 0.6 is 0 Å². The lowest BCUT2D eigenvalue weighted by atomic mass is 9.66. The van der Waals surface area contributed by atoms with Gasteiger partial charge >= 0.3 is 0 Å². The largest absolute Gasteiger partial charge is 0.0654 e. The lowest BCUT2D eigenvalue weighted by Crippen LogP contribution is -2.28. The van der Waals surface area contributed by atoms with Crippen molar-refractivity contribution in [2.45, 2.75) is 78.6 Å². The first-order valence-electron chi connectivity index (χ1n) is 7.27. The Labute approximate surface area is 96.8 Å². The molecule has 0 bridgehead atoms. The molecule has 0 saturated heterocycles. The van der Waals surface area contributed by atoms with Crippen molar-refractivity contribution in [2.24, 2.45) is 17.8 Å². The monoisotopic (exact) mass is 210 g/mol. The van der Waals surface area contributed by atoms with E-state index in [1.54, 1.807) is 12.8 Å². The summed E-state index contributed by atoms with van der Waals surface area (Å²) < 4.78 is 0. The molecular weight excluding hydrogens is 180 g/mol. The molecule has 0 radical (unpaired) electrons. The molecule has 15 heavy (non-hydrogen) atoms. The maximum atomic E-state index is 2.46. The lowest BCUT2D eigenvalue weighted by molar-refractivity contribution is 0.117. The highest BCUT2D eigenvalue weighted by Crippen LogP contribution is 2.42. The van der Waals surface area contributed by atoms with Crippen LogP contribution in [0.1, 0.15) is 78.6 Å². The highest BCUT2D eigenvalue weighted by Gasteiger charge is 2.31. The Morgan fingerprint density at radius 3 is 2.33 bits per heavy atom. The van der Waals surface area contributed by atoms with E-state index in [9.17, 15) is 0 Å². The summed E-state index contributed by atoms with van der Waals surface area (Å²) in [6.45, 7) is 7.07. The molecule has 1 unspecified atom stereocenters. The third-order valence-corrected chi connectivity index (χ3v) is 4.29. The molecule has 0 spiro atoms. The molecule has 1 saturated carbocycles. The molecule has 0 aromatic rings. The van der Waals surface area contributed by atoms with Crippen LogP contribution < -0.4 is 0 Å². The van der Waals surface area contributed by atoms with E-state index in [2.05, 4.69) is 20.8 Å². The highest BCUT2D eigenvalue weighted by atomic mass is 14.4. The van der Waals surface area contributed by atoms with Crippen LogP contribution in [0, 0.1) is 17.8 Å². The number of hydrogen-bond donors (Lipinski definition) is 0. The predicted molar refractivity (Wildman–Crippen MR) is 69.0 cm³/mol. The van der Waals surface area contributed by atoms with Crippen LogP contribution in [-0.2, 0) is 0 Å². The number of unbranched alkanes of at least 4 members (excludes halogenated alkanes) is 3. The standard InChI is InChI=1S/C15H30/c1-4-6-7-8-10-14-11-15(12-14)13(3)9-5-2/h13-15H,4-12H2,1-3H3. The summed E-state index contributed by atoms with van der Waals surface area (Å²) in [5.74, 6) is 3.19. The lowest BCUT2D eigenvalue weighted by Gasteiger charge is -2.39. The molecule has 1 rings (SSSR count). The molecule has 0 aromatic heterocycles. The molecule has 90 valence electrons. The first-order valence-corrected chi connectivity index (χ1v) is 7.27. The number of hydrogen-bond acceptors (Lipinski definition) is 0. The second-order valence-electron chi connectivity index (χ2n) is 5.71. The molecule has 1 aliphatic carbocycles. The fraction of sp³-hybridized carbons (Fsp3) is 1.00. The van der Waals surface area contributed by atoms with Crippen LogP contribution in [0.25, 0.3) is 0 Å². The summed E-state index contributed by atoms with van der Waals surface area (Å²) in [5.41, 5.74) is 0. The van der Waals surface area contributed by atoms with E-state index in [-0.39, 0.29) is 0 Å². The molecule has 0 aromatic carbocycles. The van der Waals surface area contributed by atoms with Crippen LogP contribution in [-0.4, -0.2) is 0 Å². The topological polar surface area (TPSA) is 0 Å². The van der Waals surface area contributed by atoms with Gasteiger partial charge in [-0.25, -0.2) is 0 Å². The van der Waals surface area contributed by atoms with E-state index in [0.29, 0.717) is 0 Å². The molecule has 1 aliphatic rings. The van der Waals surface area contributed by atoms with Crippen LogP contribution in [0.2, 0.25) is 0 Å². The molecule has 1 atom stereocenters. The fourth-order valence-corrected chi connectivity index (χ4v) is 3.04. The minimum Gasteiger partial charge on any atom is -0.0654 e. The molecule has 0 nitrogen and oxygen atoms in total. The van der Waals surface area contributed by atoms with Crippen molar-refractivity contribution >= 4 is 0 Å². The van der Waals surface area contributed by atoms with E-state index in [0.717, 1.165) is 17.8 Å². The second-order valence-corrected chi connectivity index (χ2v) is 5.71. The van der Waals surface area contributed by atoms with Gasteiger partial charge in [-0.1, -0.05) is 65.7 Å². The molecule has 0 heteroatoms. The quantitative estimate of drug-likeness (QED) is 0.469. The Morgan fingerprint density at radius 1 is 1.00 bits per heavy atom. The van der Waals surface area contributed by atoms with Crippen LogP contribution in [0.4, 0.5) is 0 Å². The van der Waals surface area contributed by atoms with Crippen molar-refractivity contribution in [3.05, 3.63) is 0 Å². The Kier molecular flexibility index (Phi) is 6.36. The van der Waals surface area contributed by atoms with E-state index in [4.69, 9.17) is 0 Å². The van der Waals surface area contributed by atoms with E-state index in [1.165, 1.54) is 44.9 Å². The first-order chi connectivity index (χ1) is 7.27. The zero-order chi connectivity index (χ0) is 11.1. The summed E-state index contributed by atoms with van der Waals surface area (Å²) in [6, 6.07) is 0. The normalized spacial score (nSPS) is 27.4. The Hall–Kier alpha value is 0. The predicted octanol–water partition coefficient (Wildman–Crippen LogP) is 5.42. The third-order valence-electron chi connectivity index (χ3n) is 4.29. The number of rotatable bonds is 8. The maximum absolute atomic E-state index is 2.46. The average Bonchev–Trinajstić information content (AvgIpc) is 2.15. The highest BCUT2D eigenvalue weighted by molar-refractivity contribution is 4.82. The smallest absolute Gasteiger partial charge is 0.0383 e. The van der Waals surface area contributed by atoms with Gasteiger partial charge < -0.3 is 0 Å². The zero-order valence-electron chi connectivity index (χ0n) is 11.1.